The van der Waals surface area contributed by atoms with E-state index in [0.717, 1.165) is 44.7 Å². The van der Waals surface area contributed by atoms with E-state index in [-0.39, 0.29) is 11.6 Å². The minimum atomic E-state index is -0.387. The zero-order valence-corrected chi connectivity index (χ0v) is 17.3. The second kappa shape index (κ2) is 10.9. The van der Waals surface area contributed by atoms with Crippen molar-refractivity contribution in [3.05, 3.63) is 24.0 Å². The summed E-state index contributed by atoms with van der Waals surface area (Å²) in [5.74, 6) is 0.804. The Hall–Kier alpha value is -1.98. The third-order valence-electron chi connectivity index (χ3n) is 4.03. The fourth-order valence-corrected chi connectivity index (χ4v) is 2.70. The van der Waals surface area contributed by atoms with Crippen LogP contribution >= 0.6 is 0 Å². The van der Waals surface area contributed by atoms with Crippen LogP contribution in [0.3, 0.4) is 0 Å². The van der Waals surface area contributed by atoms with Crippen molar-refractivity contribution in [1.82, 2.24) is 14.8 Å². The van der Waals surface area contributed by atoms with Gasteiger partial charge in [0.25, 0.3) is 0 Å². The summed E-state index contributed by atoms with van der Waals surface area (Å²) in [6.45, 7) is 7.41. The molecule has 1 aromatic heterocycles. The summed E-state index contributed by atoms with van der Waals surface area (Å²) < 4.78 is 7.43. The van der Waals surface area contributed by atoms with Gasteiger partial charge in [-0.1, -0.05) is 12.8 Å². The zero-order valence-electron chi connectivity index (χ0n) is 17.3. The summed E-state index contributed by atoms with van der Waals surface area (Å²) in [6.07, 6.45) is 6.64. The molecular weight excluding hydrogens is 328 g/mol. The van der Waals surface area contributed by atoms with Gasteiger partial charge in [0.1, 0.15) is 5.60 Å². The summed E-state index contributed by atoms with van der Waals surface area (Å²) in [5.41, 5.74) is 0.861. The molecule has 0 saturated heterocycles. The first-order valence-corrected chi connectivity index (χ1v) is 9.47. The first-order valence-electron chi connectivity index (χ1n) is 9.47. The third kappa shape index (κ3) is 8.92. The fourth-order valence-electron chi connectivity index (χ4n) is 2.70. The predicted octanol–water partition coefficient (Wildman–Crippen LogP) is 3.32. The molecule has 6 nitrogen and oxygen atoms in total. The second-order valence-corrected chi connectivity index (χ2v) is 7.69. The maximum absolute atomic E-state index is 11.6. The molecule has 0 spiro atoms. The molecule has 0 saturated carbocycles. The monoisotopic (exact) mass is 364 g/mol. The van der Waals surface area contributed by atoms with Gasteiger partial charge in [-0.15, -0.1) is 0 Å². The Kier molecular flexibility index (Phi) is 9.24. The zero-order chi connectivity index (χ0) is 19.6. The van der Waals surface area contributed by atoms with E-state index in [2.05, 4.69) is 45.2 Å². The highest BCUT2D eigenvalue weighted by Crippen LogP contribution is 2.11. The Labute approximate surface area is 158 Å². The molecule has 1 heterocycles. The van der Waals surface area contributed by atoms with Crippen LogP contribution in [0, 0.1) is 0 Å². The Bertz CT molecular complexity index is 573. The molecular formula is C20H36N4O2. The molecule has 0 aliphatic carbocycles. The van der Waals surface area contributed by atoms with Crippen molar-refractivity contribution in [2.45, 2.75) is 65.0 Å². The number of aromatic nitrogens is 1. The van der Waals surface area contributed by atoms with Crippen LogP contribution < -0.4 is 5.32 Å². The van der Waals surface area contributed by atoms with Crippen molar-refractivity contribution < 1.29 is 9.53 Å². The van der Waals surface area contributed by atoms with Crippen molar-refractivity contribution in [2.24, 2.45) is 12.0 Å². The van der Waals surface area contributed by atoms with Gasteiger partial charge in [-0.05, 0) is 45.7 Å². The van der Waals surface area contributed by atoms with Gasteiger partial charge in [0.2, 0.25) is 0 Å². The summed E-state index contributed by atoms with van der Waals surface area (Å²) in [4.78, 5) is 18.1. The predicted molar refractivity (Wildman–Crippen MR) is 107 cm³/mol. The highest BCUT2D eigenvalue weighted by molar-refractivity contribution is 5.79. The van der Waals surface area contributed by atoms with Gasteiger partial charge >= 0.3 is 5.97 Å². The minimum absolute atomic E-state index is 0.0988. The molecule has 148 valence electrons. The second-order valence-electron chi connectivity index (χ2n) is 7.69. The lowest BCUT2D eigenvalue weighted by molar-refractivity contribution is -0.154. The van der Waals surface area contributed by atoms with Gasteiger partial charge in [0.05, 0.1) is 6.54 Å². The molecule has 26 heavy (non-hydrogen) atoms. The van der Waals surface area contributed by atoms with E-state index < -0.39 is 0 Å². The number of aliphatic imine (C=N–C) groups is 1. The molecule has 0 aromatic carbocycles. The summed E-state index contributed by atoms with van der Waals surface area (Å²) in [6, 6.07) is 4.17. The largest absolute Gasteiger partial charge is 0.460 e. The smallest absolute Gasteiger partial charge is 0.306 e. The van der Waals surface area contributed by atoms with Gasteiger partial charge in [-0.25, -0.2) is 0 Å². The van der Waals surface area contributed by atoms with Crippen molar-refractivity contribution in [1.29, 1.82) is 0 Å². The molecule has 1 aromatic rings. The molecule has 0 aliphatic rings. The van der Waals surface area contributed by atoms with Crippen LogP contribution in [0.4, 0.5) is 0 Å². The van der Waals surface area contributed by atoms with Gasteiger partial charge < -0.3 is 19.5 Å². The summed E-state index contributed by atoms with van der Waals surface area (Å²) in [7, 11) is 5.91. The van der Waals surface area contributed by atoms with Crippen molar-refractivity contribution >= 4 is 11.9 Å². The molecule has 0 amide bonds. The Morgan fingerprint density at radius 1 is 1.27 bits per heavy atom. The van der Waals surface area contributed by atoms with Crippen LogP contribution in [-0.2, 0) is 23.1 Å². The number of nitrogens with one attached hydrogen (secondary N) is 1. The van der Waals surface area contributed by atoms with Crippen LogP contribution in [0.25, 0.3) is 0 Å². The van der Waals surface area contributed by atoms with E-state index in [1.54, 1.807) is 0 Å². The number of unbranched alkanes of at least 4 members (excludes halogenated alkanes) is 3. The van der Waals surface area contributed by atoms with E-state index in [4.69, 9.17) is 4.74 Å². The molecule has 0 fully saturated rings. The number of carbonyl (C=O) groups excluding carboxylic acids is 1. The number of aryl methyl sites for hydroxylation is 1. The number of nitrogens with zero attached hydrogens (tertiary/aromatic N) is 3. The fraction of sp³-hybridized carbons (Fsp3) is 0.700. The maximum atomic E-state index is 11.6. The van der Waals surface area contributed by atoms with Gasteiger partial charge in [0.15, 0.2) is 5.96 Å². The number of ether oxygens (including phenoxy) is 1. The van der Waals surface area contributed by atoms with Crippen LogP contribution in [0.2, 0.25) is 0 Å². The highest BCUT2D eigenvalue weighted by atomic mass is 16.6. The topological polar surface area (TPSA) is 58.9 Å². The summed E-state index contributed by atoms with van der Waals surface area (Å²) in [5, 5.41) is 3.41. The number of carbonyl (C=O) groups is 1. The lowest BCUT2D eigenvalue weighted by Gasteiger charge is -2.22. The van der Waals surface area contributed by atoms with E-state index in [1.165, 1.54) is 5.69 Å². The Morgan fingerprint density at radius 2 is 1.96 bits per heavy atom. The standard InChI is InChI=1S/C20H36N4O2/c1-20(2,3)26-18(25)13-9-7-8-10-14-22-19(21-4)24(6)16-17-12-11-15-23(17)5/h11-12,15H,7-10,13-14,16H2,1-6H3,(H,21,22). The first kappa shape index (κ1) is 22.1. The first-order chi connectivity index (χ1) is 12.2. The molecule has 0 unspecified atom stereocenters. The molecule has 0 aliphatic heterocycles. The van der Waals surface area contributed by atoms with Crippen molar-refractivity contribution in [3.8, 4) is 0 Å². The van der Waals surface area contributed by atoms with Crippen molar-refractivity contribution in [2.75, 3.05) is 20.6 Å². The number of hydrogen-bond donors (Lipinski definition) is 1. The van der Waals surface area contributed by atoms with Crippen LogP contribution in [-0.4, -0.2) is 47.6 Å². The van der Waals surface area contributed by atoms with Crippen LogP contribution in [0.1, 0.15) is 58.6 Å². The average Bonchev–Trinajstić information content (AvgIpc) is 2.93. The Morgan fingerprint density at radius 3 is 2.54 bits per heavy atom. The van der Waals surface area contributed by atoms with E-state index in [1.807, 2.05) is 34.9 Å². The summed E-state index contributed by atoms with van der Waals surface area (Å²) >= 11 is 0. The van der Waals surface area contributed by atoms with E-state index in [9.17, 15) is 4.79 Å². The Balaban J connectivity index is 2.15. The molecule has 1 rings (SSSR count). The molecule has 6 heteroatoms. The van der Waals surface area contributed by atoms with Crippen molar-refractivity contribution in [3.63, 3.8) is 0 Å². The van der Waals surface area contributed by atoms with Gasteiger partial charge in [-0.2, -0.15) is 0 Å². The maximum Gasteiger partial charge on any atom is 0.306 e. The number of hydrogen-bond acceptors (Lipinski definition) is 3. The number of guanidine groups is 1. The van der Waals surface area contributed by atoms with Crippen LogP contribution in [0.5, 0.6) is 0 Å². The lowest BCUT2D eigenvalue weighted by Crippen LogP contribution is -2.39. The molecule has 0 radical (unpaired) electrons. The van der Waals surface area contributed by atoms with Gasteiger partial charge in [0, 0.05) is 46.0 Å². The quantitative estimate of drug-likeness (QED) is 0.316. The molecule has 1 N–H and O–H groups in total. The molecule has 0 bridgehead atoms. The minimum Gasteiger partial charge on any atom is -0.460 e. The van der Waals surface area contributed by atoms with Crippen LogP contribution in [0.15, 0.2) is 23.3 Å². The van der Waals surface area contributed by atoms with E-state index >= 15 is 0 Å². The van der Waals surface area contributed by atoms with E-state index in [0.29, 0.717) is 6.42 Å². The molecule has 0 atom stereocenters. The SMILES string of the molecule is CN=C(NCCCCCCC(=O)OC(C)(C)C)N(C)Cc1cccn1C. The number of rotatable bonds is 9. The third-order valence-corrected chi connectivity index (χ3v) is 4.03. The average molecular weight is 365 g/mol. The normalized spacial score (nSPS) is 12.2. The highest BCUT2D eigenvalue weighted by Gasteiger charge is 2.15. The lowest BCUT2D eigenvalue weighted by atomic mass is 10.1. The van der Waals surface area contributed by atoms with Gasteiger partial charge in [-0.3, -0.25) is 9.79 Å². The number of esters is 1.